The standard InChI is InChI=1S/C25H30N4O3/c1-2-22-21-13-12-19(16-23(21)29(27-22)20-10-6-7-11-20)25(31)26-15-14-24(30)28-32-17-18-8-4-3-5-9-18/h3-5,8-9,12-13,16,20H,2,6-7,10-11,14-15,17H2,1H3,(H,26,31)(H,28,30). The van der Waals surface area contributed by atoms with Crippen molar-refractivity contribution in [2.24, 2.45) is 0 Å². The number of hydrogen-bond donors (Lipinski definition) is 2. The molecule has 0 unspecified atom stereocenters. The molecule has 2 N–H and O–H groups in total. The molecule has 0 radical (unpaired) electrons. The molecule has 3 aromatic rings. The van der Waals surface area contributed by atoms with Crippen molar-refractivity contribution in [2.45, 2.75) is 58.1 Å². The molecule has 0 atom stereocenters. The Morgan fingerprint density at radius 3 is 2.66 bits per heavy atom. The zero-order valence-electron chi connectivity index (χ0n) is 18.5. The highest BCUT2D eigenvalue weighted by Gasteiger charge is 2.22. The lowest BCUT2D eigenvalue weighted by atomic mass is 10.1. The maximum atomic E-state index is 12.7. The fourth-order valence-corrected chi connectivity index (χ4v) is 4.25. The van der Waals surface area contributed by atoms with Crippen LogP contribution in [0.15, 0.2) is 48.5 Å². The van der Waals surface area contributed by atoms with Gasteiger partial charge in [-0.1, -0.05) is 56.2 Å². The van der Waals surface area contributed by atoms with E-state index in [0.717, 1.165) is 41.4 Å². The van der Waals surface area contributed by atoms with E-state index in [1.54, 1.807) is 0 Å². The van der Waals surface area contributed by atoms with Crippen molar-refractivity contribution in [1.82, 2.24) is 20.6 Å². The topological polar surface area (TPSA) is 85.2 Å². The number of hydroxylamine groups is 1. The van der Waals surface area contributed by atoms with Gasteiger partial charge in [0.2, 0.25) is 5.91 Å². The Kier molecular flexibility index (Phi) is 7.17. The largest absolute Gasteiger partial charge is 0.352 e. The zero-order valence-corrected chi connectivity index (χ0v) is 18.5. The number of aryl methyl sites for hydroxylation is 1. The van der Waals surface area contributed by atoms with Crippen molar-refractivity contribution in [3.63, 3.8) is 0 Å². The fraction of sp³-hybridized carbons (Fsp3) is 0.400. The van der Waals surface area contributed by atoms with Crippen LogP contribution in [0, 0.1) is 0 Å². The molecule has 0 aliphatic heterocycles. The number of carbonyl (C=O) groups excluding carboxylic acids is 2. The molecule has 1 saturated carbocycles. The summed E-state index contributed by atoms with van der Waals surface area (Å²) in [5.41, 5.74) is 6.07. The first kappa shape index (κ1) is 22.0. The van der Waals surface area contributed by atoms with Crippen LogP contribution in [-0.4, -0.2) is 28.1 Å². The maximum Gasteiger partial charge on any atom is 0.251 e. The highest BCUT2D eigenvalue weighted by molar-refractivity contribution is 5.98. The van der Waals surface area contributed by atoms with Crippen LogP contribution in [0.25, 0.3) is 10.9 Å². The van der Waals surface area contributed by atoms with Gasteiger partial charge in [0, 0.05) is 23.9 Å². The number of benzene rings is 2. The molecule has 32 heavy (non-hydrogen) atoms. The van der Waals surface area contributed by atoms with Gasteiger partial charge in [-0.2, -0.15) is 5.10 Å². The van der Waals surface area contributed by atoms with Crippen molar-refractivity contribution in [3.8, 4) is 0 Å². The number of amides is 2. The number of nitrogens with one attached hydrogen (secondary N) is 2. The van der Waals surface area contributed by atoms with Crippen molar-refractivity contribution in [3.05, 3.63) is 65.4 Å². The van der Waals surface area contributed by atoms with Crippen LogP contribution in [-0.2, 0) is 22.7 Å². The Bertz CT molecular complexity index is 1070. The molecule has 1 aliphatic carbocycles. The normalized spacial score (nSPS) is 14.0. The minimum atomic E-state index is -0.274. The van der Waals surface area contributed by atoms with Crippen LogP contribution in [0.5, 0.6) is 0 Å². The molecule has 0 saturated heterocycles. The van der Waals surface area contributed by atoms with Gasteiger partial charge in [0.15, 0.2) is 0 Å². The quantitative estimate of drug-likeness (QED) is 0.497. The van der Waals surface area contributed by atoms with E-state index in [1.165, 1.54) is 12.8 Å². The third-order valence-corrected chi connectivity index (χ3v) is 5.96. The average Bonchev–Trinajstić information content (AvgIpc) is 3.47. The molecule has 4 rings (SSSR count). The number of aromatic nitrogens is 2. The Morgan fingerprint density at radius 1 is 1.12 bits per heavy atom. The lowest BCUT2D eigenvalue weighted by Crippen LogP contribution is -2.30. The van der Waals surface area contributed by atoms with Gasteiger partial charge in [0.25, 0.3) is 5.91 Å². The summed E-state index contributed by atoms with van der Waals surface area (Å²) in [4.78, 5) is 29.9. The summed E-state index contributed by atoms with van der Waals surface area (Å²) in [7, 11) is 0. The minimum absolute atomic E-state index is 0.142. The van der Waals surface area contributed by atoms with Crippen LogP contribution < -0.4 is 10.8 Å². The molecule has 7 heteroatoms. The summed E-state index contributed by atoms with van der Waals surface area (Å²) < 4.78 is 2.12. The molecule has 1 aliphatic rings. The molecular formula is C25H30N4O3. The average molecular weight is 435 g/mol. The summed E-state index contributed by atoms with van der Waals surface area (Å²) in [5, 5.41) is 8.79. The summed E-state index contributed by atoms with van der Waals surface area (Å²) in [6, 6.07) is 15.8. The highest BCUT2D eigenvalue weighted by atomic mass is 16.6. The molecule has 1 fully saturated rings. The van der Waals surface area contributed by atoms with Gasteiger partial charge in [-0.15, -0.1) is 0 Å². The second kappa shape index (κ2) is 10.4. The molecule has 2 amide bonds. The van der Waals surface area contributed by atoms with E-state index in [4.69, 9.17) is 9.94 Å². The summed E-state index contributed by atoms with van der Waals surface area (Å²) in [6.07, 6.45) is 5.73. The maximum absolute atomic E-state index is 12.7. The van der Waals surface area contributed by atoms with Gasteiger partial charge < -0.3 is 5.32 Å². The van der Waals surface area contributed by atoms with E-state index in [1.807, 2.05) is 48.5 Å². The van der Waals surface area contributed by atoms with Crippen LogP contribution in [0.2, 0.25) is 0 Å². The highest BCUT2D eigenvalue weighted by Crippen LogP contribution is 2.33. The van der Waals surface area contributed by atoms with Crippen LogP contribution in [0.1, 0.15) is 66.7 Å². The molecule has 2 aromatic carbocycles. The van der Waals surface area contributed by atoms with Crippen LogP contribution >= 0.6 is 0 Å². The lowest BCUT2D eigenvalue weighted by molar-refractivity contribution is -0.134. The smallest absolute Gasteiger partial charge is 0.251 e. The second-order valence-electron chi connectivity index (χ2n) is 8.22. The molecule has 0 spiro atoms. The monoisotopic (exact) mass is 434 g/mol. The Morgan fingerprint density at radius 2 is 1.91 bits per heavy atom. The first-order chi connectivity index (χ1) is 15.7. The summed E-state index contributed by atoms with van der Waals surface area (Å²) >= 11 is 0. The van der Waals surface area contributed by atoms with E-state index in [2.05, 4.69) is 22.4 Å². The number of hydrogen-bond acceptors (Lipinski definition) is 4. The number of fused-ring (bicyclic) bond motifs is 1. The molecule has 7 nitrogen and oxygen atoms in total. The van der Waals surface area contributed by atoms with Gasteiger partial charge >= 0.3 is 0 Å². The van der Waals surface area contributed by atoms with Gasteiger partial charge in [-0.25, -0.2) is 5.48 Å². The zero-order chi connectivity index (χ0) is 22.3. The third kappa shape index (κ3) is 5.16. The summed E-state index contributed by atoms with van der Waals surface area (Å²) in [6.45, 7) is 2.64. The van der Waals surface area contributed by atoms with Crippen molar-refractivity contribution >= 4 is 22.7 Å². The van der Waals surface area contributed by atoms with Crippen LogP contribution in [0.4, 0.5) is 0 Å². The van der Waals surface area contributed by atoms with Gasteiger partial charge in [0.1, 0.15) is 0 Å². The Balaban J connectivity index is 1.31. The van der Waals surface area contributed by atoms with Crippen molar-refractivity contribution in [1.29, 1.82) is 0 Å². The third-order valence-electron chi connectivity index (χ3n) is 5.96. The van der Waals surface area contributed by atoms with E-state index in [-0.39, 0.29) is 24.8 Å². The fourth-order valence-electron chi connectivity index (χ4n) is 4.25. The molecule has 1 heterocycles. The summed E-state index contributed by atoms with van der Waals surface area (Å²) in [5.74, 6) is -0.467. The van der Waals surface area contributed by atoms with Crippen LogP contribution in [0.3, 0.4) is 0 Å². The Labute approximate surface area is 188 Å². The molecular weight excluding hydrogens is 404 g/mol. The van der Waals surface area contributed by atoms with E-state index < -0.39 is 0 Å². The number of nitrogens with zero attached hydrogens (tertiary/aromatic N) is 2. The van der Waals surface area contributed by atoms with Gasteiger partial charge in [0.05, 0.1) is 23.9 Å². The minimum Gasteiger partial charge on any atom is -0.352 e. The van der Waals surface area contributed by atoms with E-state index in [9.17, 15) is 9.59 Å². The number of rotatable bonds is 9. The lowest BCUT2D eigenvalue weighted by Gasteiger charge is -2.12. The second-order valence-corrected chi connectivity index (χ2v) is 8.22. The molecule has 168 valence electrons. The molecule has 1 aromatic heterocycles. The van der Waals surface area contributed by atoms with Gasteiger partial charge in [-0.05, 0) is 37.0 Å². The predicted molar refractivity (Wildman–Crippen MR) is 123 cm³/mol. The first-order valence-corrected chi connectivity index (χ1v) is 11.4. The van der Waals surface area contributed by atoms with Gasteiger partial charge in [-0.3, -0.25) is 19.1 Å². The van der Waals surface area contributed by atoms with E-state index in [0.29, 0.717) is 18.2 Å². The molecule has 0 bridgehead atoms. The predicted octanol–water partition coefficient (Wildman–Crippen LogP) is 4.08. The first-order valence-electron chi connectivity index (χ1n) is 11.4. The Hall–Kier alpha value is -3.19. The number of carbonyl (C=O) groups is 2. The van der Waals surface area contributed by atoms with Crippen molar-refractivity contribution < 1.29 is 14.4 Å². The van der Waals surface area contributed by atoms with Crippen molar-refractivity contribution in [2.75, 3.05) is 6.54 Å². The van der Waals surface area contributed by atoms with E-state index >= 15 is 0 Å². The SMILES string of the molecule is CCc1nn(C2CCCC2)c2cc(C(=O)NCCC(=O)NOCc3ccccc3)ccc12.